The largest absolute Gasteiger partial charge is 0.507 e. The third kappa shape index (κ3) is 7.18. The van der Waals surface area contributed by atoms with Gasteiger partial charge in [-0.15, -0.1) is 10.2 Å². The molecule has 1 aromatic heterocycles. The van der Waals surface area contributed by atoms with Crippen LogP contribution in [0.25, 0.3) is 11.3 Å². The van der Waals surface area contributed by atoms with Gasteiger partial charge in [-0.1, -0.05) is 18.2 Å². The lowest BCUT2D eigenvalue weighted by atomic mass is 9.92. The number of carbonyl (C=O) groups excluding carboxylic acids is 4. The fourth-order valence-corrected chi connectivity index (χ4v) is 9.62. The van der Waals surface area contributed by atoms with Gasteiger partial charge in [0, 0.05) is 57.8 Å². The maximum atomic E-state index is 13.3. The second-order valence-electron chi connectivity index (χ2n) is 16.3. The molecule has 0 bridgehead atoms. The fourth-order valence-electron chi connectivity index (χ4n) is 9.62. The number of piperidine rings is 3. The van der Waals surface area contributed by atoms with Crippen LogP contribution in [0.2, 0.25) is 0 Å². The second kappa shape index (κ2) is 15.0. The van der Waals surface area contributed by atoms with E-state index < -0.39 is 23.8 Å². The minimum absolute atomic E-state index is 0.111. The molecule has 0 radical (unpaired) electrons. The number of aromatic nitrogens is 2. The molecule has 55 heavy (non-hydrogen) atoms. The van der Waals surface area contributed by atoms with Crippen LogP contribution in [-0.4, -0.2) is 136 Å². The van der Waals surface area contributed by atoms with E-state index in [-0.39, 0.29) is 24.5 Å². The molecule has 7 heterocycles. The van der Waals surface area contributed by atoms with Crippen LogP contribution >= 0.6 is 0 Å². The van der Waals surface area contributed by atoms with E-state index in [1.807, 2.05) is 30.3 Å². The Kier molecular flexibility index (Phi) is 9.73. The molecule has 9 rings (SSSR count). The topological polar surface area (TPSA) is 155 Å². The van der Waals surface area contributed by atoms with Gasteiger partial charge >= 0.3 is 0 Å². The van der Waals surface area contributed by atoms with Gasteiger partial charge in [0.2, 0.25) is 11.8 Å². The van der Waals surface area contributed by atoms with Gasteiger partial charge in [0.1, 0.15) is 11.8 Å². The van der Waals surface area contributed by atoms with Gasteiger partial charge in [0.25, 0.3) is 11.8 Å². The first-order valence-corrected chi connectivity index (χ1v) is 20.0. The van der Waals surface area contributed by atoms with Crippen molar-refractivity contribution in [1.29, 1.82) is 0 Å². The van der Waals surface area contributed by atoms with Crippen molar-refractivity contribution in [2.75, 3.05) is 75.7 Å². The number of phenolic OH excluding ortho intramolecular Hbond substituents is 1. The van der Waals surface area contributed by atoms with Gasteiger partial charge in [-0.05, 0) is 106 Å². The summed E-state index contributed by atoms with van der Waals surface area (Å²) in [6.45, 7) is 11.2. The Hall–Kier alpha value is -4.92. The number of likely N-dealkylation sites (tertiary alicyclic amines) is 2. The lowest BCUT2D eigenvalue weighted by Gasteiger charge is -2.47. The second-order valence-corrected chi connectivity index (χ2v) is 16.3. The summed E-state index contributed by atoms with van der Waals surface area (Å²) in [5.41, 5.74) is 4.12. The molecule has 0 saturated carbocycles. The van der Waals surface area contributed by atoms with Crippen LogP contribution in [0.3, 0.4) is 0 Å². The van der Waals surface area contributed by atoms with Crippen LogP contribution in [0, 0.1) is 11.8 Å². The molecule has 3 N–H and O–H groups in total. The third-order valence-corrected chi connectivity index (χ3v) is 12.7. The zero-order valence-electron chi connectivity index (χ0n) is 31.2. The monoisotopic (exact) mass is 747 g/mol. The van der Waals surface area contributed by atoms with Crippen molar-refractivity contribution >= 4 is 35.1 Å². The van der Waals surface area contributed by atoms with Crippen molar-refractivity contribution in [3.63, 3.8) is 0 Å². The standard InChI is InChI=1S/C41H49N9O5/c51-36-4-2-1-3-31(36)33-20-35-38(45-44-33)42-21-29-25-48(17-18-49(29)35)23-27-11-13-46(14-12-27)22-26-9-15-47(16-10-26)24-28-5-6-30-32(19-28)41(55)50(40(30)54)34-7-8-37(52)43-39(34)53/h1-6,19-20,26-27,29,34,51H,7-18,21-25H2,(H,42,45)(H,43,52,53)/t29-,34?/m0/s1. The summed E-state index contributed by atoms with van der Waals surface area (Å²) < 4.78 is 0. The van der Waals surface area contributed by atoms with Gasteiger partial charge in [-0.3, -0.25) is 39.2 Å². The van der Waals surface area contributed by atoms with Gasteiger partial charge in [-0.2, -0.15) is 0 Å². The minimum Gasteiger partial charge on any atom is -0.507 e. The maximum Gasteiger partial charge on any atom is 0.262 e. The van der Waals surface area contributed by atoms with E-state index in [2.05, 4.69) is 46.5 Å². The van der Waals surface area contributed by atoms with Crippen LogP contribution in [0.4, 0.5) is 11.5 Å². The Morgan fingerprint density at radius 1 is 0.727 bits per heavy atom. The molecule has 1 unspecified atom stereocenters. The van der Waals surface area contributed by atoms with E-state index in [1.165, 1.54) is 12.8 Å². The van der Waals surface area contributed by atoms with Crippen molar-refractivity contribution in [2.24, 2.45) is 11.8 Å². The van der Waals surface area contributed by atoms with Gasteiger partial charge in [0.05, 0.1) is 28.6 Å². The van der Waals surface area contributed by atoms with Crippen LogP contribution < -0.4 is 15.5 Å². The normalized spacial score (nSPS) is 24.4. The van der Waals surface area contributed by atoms with E-state index in [1.54, 1.807) is 12.1 Å². The van der Waals surface area contributed by atoms with E-state index in [0.29, 0.717) is 34.3 Å². The molecule has 6 aliphatic heterocycles. The van der Waals surface area contributed by atoms with Crippen LogP contribution in [0.15, 0.2) is 48.5 Å². The van der Waals surface area contributed by atoms with Crippen LogP contribution in [0.5, 0.6) is 5.75 Å². The quantitative estimate of drug-likeness (QED) is 0.291. The number of rotatable bonds is 8. The molecule has 14 nitrogen and oxygen atoms in total. The molecular formula is C41H49N9O5. The Morgan fingerprint density at radius 3 is 2.22 bits per heavy atom. The number of piperazine rings is 1. The highest BCUT2D eigenvalue weighted by atomic mass is 16.3. The summed E-state index contributed by atoms with van der Waals surface area (Å²) in [5, 5.41) is 25.0. The molecule has 4 amide bonds. The third-order valence-electron chi connectivity index (χ3n) is 12.7. The summed E-state index contributed by atoms with van der Waals surface area (Å²) in [6.07, 6.45) is 5.04. The molecule has 6 aliphatic rings. The number of fused-ring (bicyclic) bond motifs is 4. The highest BCUT2D eigenvalue weighted by molar-refractivity contribution is 6.23. The molecule has 4 fully saturated rings. The van der Waals surface area contributed by atoms with Gasteiger partial charge in [0.15, 0.2) is 5.82 Å². The Morgan fingerprint density at radius 2 is 1.45 bits per heavy atom. The van der Waals surface area contributed by atoms with Gasteiger partial charge < -0.3 is 20.2 Å². The number of anilines is 2. The molecule has 0 spiro atoms. The van der Waals surface area contributed by atoms with Crippen molar-refractivity contribution < 1.29 is 24.3 Å². The first kappa shape index (κ1) is 35.8. The van der Waals surface area contributed by atoms with Crippen LogP contribution in [-0.2, 0) is 16.1 Å². The number of carbonyl (C=O) groups is 4. The van der Waals surface area contributed by atoms with E-state index in [9.17, 15) is 24.3 Å². The number of nitrogens with zero attached hydrogens (tertiary/aromatic N) is 7. The number of para-hydroxylation sites is 1. The smallest absolute Gasteiger partial charge is 0.262 e. The zero-order valence-corrected chi connectivity index (χ0v) is 31.2. The predicted octanol–water partition coefficient (Wildman–Crippen LogP) is 2.79. The predicted molar refractivity (Wildman–Crippen MR) is 205 cm³/mol. The molecule has 288 valence electrons. The lowest BCUT2D eigenvalue weighted by molar-refractivity contribution is -0.136. The highest BCUT2D eigenvalue weighted by Crippen LogP contribution is 2.36. The average molecular weight is 748 g/mol. The zero-order chi connectivity index (χ0) is 37.6. The van der Waals surface area contributed by atoms with E-state index in [4.69, 9.17) is 0 Å². The number of hydrogen-bond donors (Lipinski definition) is 3. The van der Waals surface area contributed by atoms with Gasteiger partial charge in [-0.25, -0.2) is 0 Å². The Balaban J connectivity index is 0.712. The van der Waals surface area contributed by atoms with E-state index in [0.717, 1.165) is 113 Å². The number of benzene rings is 2. The minimum atomic E-state index is -0.946. The molecule has 2 aromatic carbocycles. The first-order chi connectivity index (χ1) is 26.8. The van der Waals surface area contributed by atoms with E-state index >= 15 is 0 Å². The molecule has 3 aromatic rings. The van der Waals surface area contributed by atoms with Crippen molar-refractivity contribution in [2.45, 2.75) is 57.2 Å². The number of amides is 4. The number of phenols is 1. The van der Waals surface area contributed by atoms with Crippen LogP contribution in [0.1, 0.15) is 64.8 Å². The molecule has 14 heteroatoms. The lowest BCUT2D eigenvalue weighted by Crippen LogP contribution is -2.58. The van der Waals surface area contributed by atoms with Crippen molar-refractivity contribution in [1.82, 2.24) is 35.1 Å². The number of aromatic hydroxyl groups is 1. The highest BCUT2D eigenvalue weighted by Gasteiger charge is 2.45. The maximum absolute atomic E-state index is 13.3. The summed E-state index contributed by atoms with van der Waals surface area (Å²) in [7, 11) is 0. The average Bonchev–Trinajstić information content (AvgIpc) is 3.44. The Labute approximate surface area is 320 Å². The molecule has 4 saturated heterocycles. The number of hydrogen-bond acceptors (Lipinski definition) is 12. The summed E-state index contributed by atoms with van der Waals surface area (Å²) in [5.74, 6) is 0.554. The Bertz CT molecular complexity index is 1990. The summed E-state index contributed by atoms with van der Waals surface area (Å²) in [6, 6.07) is 14.2. The molecule has 2 atom stereocenters. The molecule has 0 aliphatic carbocycles. The van der Waals surface area contributed by atoms with Crippen molar-refractivity contribution in [3.05, 3.63) is 65.2 Å². The first-order valence-electron chi connectivity index (χ1n) is 20.0. The summed E-state index contributed by atoms with van der Waals surface area (Å²) in [4.78, 5) is 61.7. The van der Waals surface area contributed by atoms with Crippen molar-refractivity contribution in [3.8, 4) is 17.0 Å². The fraction of sp³-hybridized carbons (Fsp3) is 0.512. The summed E-state index contributed by atoms with van der Waals surface area (Å²) >= 11 is 0. The number of imide groups is 2. The molecular weight excluding hydrogens is 699 g/mol. The number of nitrogens with one attached hydrogen (secondary N) is 2. The SMILES string of the molecule is O=C1CCC(N2C(=O)c3ccc(CN4CCC(CN5CCC(CN6CCN7c8cc(-c9ccccc9O)nnc8NC[C@H]7C6)CC5)CC4)cc3C2=O)C(=O)N1.